The van der Waals surface area contributed by atoms with Gasteiger partial charge in [-0.25, -0.2) is 0 Å². The minimum absolute atomic E-state index is 0.118. The van der Waals surface area contributed by atoms with Crippen LogP contribution in [0.15, 0.2) is 29.2 Å². The van der Waals surface area contributed by atoms with Crippen LogP contribution in [0, 0.1) is 0 Å². The lowest BCUT2D eigenvalue weighted by Gasteiger charge is -2.25. The normalized spacial score (nSPS) is 24.4. The van der Waals surface area contributed by atoms with Gasteiger partial charge in [0, 0.05) is 16.7 Å². The maximum Gasteiger partial charge on any atom is 0.245 e. The van der Waals surface area contributed by atoms with Crippen LogP contribution >= 0.6 is 11.8 Å². The molecule has 0 saturated carbocycles. The Bertz CT molecular complexity index is 422. The minimum atomic E-state index is -0.118. The van der Waals surface area contributed by atoms with E-state index in [1.807, 2.05) is 37.1 Å². The Hall–Kier alpha value is -1.00. The summed E-state index contributed by atoms with van der Waals surface area (Å²) >= 11 is 1.76. The van der Waals surface area contributed by atoms with E-state index in [4.69, 9.17) is 0 Å². The summed E-state index contributed by atoms with van der Waals surface area (Å²) < 4.78 is 0. The second kappa shape index (κ2) is 5.10. The smallest absolute Gasteiger partial charge is 0.245 e. The zero-order chi connectivity index (χ0) is 12.4. The summed E-state index contributed by atoms with van der Waals surface area (Å²) in [4.78, 5) is 15.5. The number of amides is 1. The lowest BCUT2D eigenvalue weighted by atomic mass is 10.1. The number of carbonyl (C=O) groups is 1. The van der Waals surface area contributed by atoms with Gasteiger partial charge < -0.3 is 10.2 Å². The SMILES string of the molecule is CCN1C(=O)C(NC)C(C)Sc2ccccc21. The fourth-order valence-corrected chi connectivity index (χ4v) is 3.47. The fraction of sp³-hybridized carbons (Fsp3) is 0.462. The van der Waals surface area contributed by atoms with E-state index < -0.39 is 0 Å². The monoisotopic (exact) mass is 250 g/mol. The maximum absolute atomic E-state index is 12.4. The third-order valence-corrected chi connectivity index (χ3v) is 4.34. The van der Waals surface area contributed by atoms with Crippen LogP contribution in [0.3, 0.4) is 0 Å². The molecule has 0 spiro atoms. The predicted molar refractivity (Wildman–Crippen MR) is 72.6 cm³/mol. The van der Waals surface area contributed by atoms with Crippen LogP contribution in [-0.2, 0) is 4.79 Å². The van der Waals surface area contributed by atoms with E-state index in [0.717, 1.165) is 5.69 Å². The predicted octanol–water partition coefficient (Wildman–Crippen LogP) is 2.12. The summed E-state index contributed by atoms with van der Waals surface area (Å²) in [7, 11) is 1.85. The molecule has 1 aliphatic rings. The van der Waals surface area contributed by atoms with E-state index in [9.17, 15) is 4.79 Å². The van der Waals surface area contributed by atoms with Crippen LogP contribution in [0.5, 0.6) is 0 Å². The Morgan fingerprint density at radius 3 is 2.76 bits per heavy atom. The Kier molecular flexibility index (Phi) is 3.74. The van der Waals surface area contributed by atoms with Gasteiger partial charge in [-0.3, -0.25) is 4.79 Å². The zero-order valence-corrected chi connectivity index (χ0v) is 11.3. The molecule has 1 aromatic carbocycles. The molecule has 17 heavy (non-hydrogen) atoms. The van der Waals surface area contributed by atoms with Crippen molar-refractivity contribution in [2.24, 2.45) is 0 Å². The number of nitrogens with one attached hydrogen (secondary N) is 1. The molecule has 1 aromatic rings. The van der Waals surface area contributed by atoms with Gasteiger partial charge >= 0.3 is 0 Å². The molecule has 0 radical (unpaired) electrons. The molecule has 3 nitrogen and oxygen atoms in total. The van der Waals surface area contributed by atoms with Gasteiger partial charge in [0.05, 0.1) is 11.7 Å². The molecule has 2 atom stereocenters. The summed E-state index contributed by atoms with van der Waals surface area (Å²) in [6.07, 6.45) is 0. The van der Waals surface area contributed by atoms with E-state index in [1.165, 1.54) is 4.90 Å². The Morgan fingerprint density at radius 2 is 2.12 bits per heavy atom. The van der Waals surface area contributed by atoms with Crippen LogP contribution in [0.4, 0.5) is 5.69 Å². The first kappa shape index (κ1) is 12.5. The van der Waals surface area contributed by atoms with E-state index >= 15 is 0 Å². The first-order valence-corrected chi connectivity index (χ1v) is 6.81. The van der Waals surface area contributed by atoms with Crippen molar-refractivity contribution in [1.82, 2.24) is 5.32 Å². The van der Waals surface area contributed by atoms with Crippen molar-refractivity contribution < 1.29 is 4.79 Å². The molecule has 1 N–H and O–H groups in total. The number of carbonyl (C=O) groups excluding carboxylic acids is 1. The maximum atomic E-state index is 12.4. The van der Waals surface area contributed by atoms with Crippen LogP contribution in [0.1, 0.15) is 13.8 Å². The molecule has 2 rings (SSSR count). The second-order valence-electron chi connectivity index (χ2n) is 4.14. The number of fused-ring (bicyclic) bond motifs is 1. The molecule has 4 heteroatoms. The van der Waals surface area contributed by atoms with E-state index in [-0.39, 0.29) is 17.2 Å². The van der Waals surface area contributed by atoms with E-state index in [1.54, 1.807) is 11.8 Å². The molecular formula is C13H18N2OS. The van der Waals surface area contributed by atoms with Crippen LogP contribution in [-0.4, -0.2) is 30.8 Å². The number of likely N-dealkylation sites (N-methyl/N-ethyl adjacent to an activating group) is 2. The highest BCUT2D eigenvalue weighted by Crippen LogP contribution is 2.37. The second-order valence-corrected chi connectivity index (χ2v) is 5.56. The summed E-state index contributed by atoms with van der Waals surface area (Å²) in [6, 6.07) is 8.00. The number of rotatable bonds is 2. The van der Waals surface area contributed by atoms with Gasteiger partial charge in [-0.2, -0.15) is 0 Å². The number of para-hydroxylation sites is 1. The van der Waals surface area contributed by atoms with Crippen LogP contribution < -0.4 is 10.2 Å². The van der Waals surface area contributed by atoms with Gasteiger partial charge in [0.1, 0.15) is 0 Å². The average molecular weight is 250 g/mol. The molecule has 1 aliphatic heterocycles. The third-order valence-electron chi connectivity index (χ3n) is 3.10. The minimum Gasteiger partial charge on any atom is -0.310 e. The standard InChI is InChI=1S/C13H18N2OS/c1-4-15-10-7-5-6-8-11(10)17-9(2)12(14-3)13(15)16/h5-9,12,14H,4H2,1-3H3. The third kappa shape index (κ3) is 2.19. The molecular weight excluding hydrogens is 232 g/mol. The largest absolute Gasteiger partial charge is 0.310 e. The summed E-state index contributed by atoms with van der Waals surface area (Å²) in [5.74, 6) is 0.167. The number of nitrogens with zero attached hydrogens (tertiary/aromatic N) is 1. The van der Waals surface area contributed by atoms with Gasteiger partial charge in [0.2, 0.25) is 5.91 Å². The lowest BCUT2D eigenvalue weighted by molar-refractivity contribution is -0.120. The van der Waals surface area contributed by atoms with E-state index in [2.05, 4.69) is 18.3 Å². The van der Waals surface area contributed by atoms with Crippen molar-refractivity contribution in [2.45, 2.75) is 30.0 Å². The Balaban J connectivity index is 2.47. The molecule has 92 valence electrons. The average Bonchev–Trinajstić information content (AvgIpc) is 2.42. The number of benzene rings is 1. The number of hydrogen-bond donors (Lipinski definition) is 1. The highest BCUT2D eigenvalue weighted by molar-refractivity contribution is 8.00. The van der Waals surface area contributed by atoms with Gasteiger partial charge in [0.25, 0.3) is 0 Å². The molecule has 0 saturated heterocycles. The fourth-order valence-electron chi connectivity index (χ4n) is 2.22. The van der Waals surface area contributed by atoms with Crippen LogP contribution in [0.25, 0.3) is 0 Å². The van der Waals surface area contributed by atoms with Gasteiger partial charge in [-0.1, -0.05) is 19.1 Å². The molecule has 0 fully saturated rings. The van der Waals surface area contributed by atoms with Crippen molar-refractivity contribution in [1.29, 1.82) is 0 Å². The summed E-state index contributed by atoms with van der Waals surface area (Å²) in [5.41, 5.74) is 1.04. The quantitative estimate of drug-likeness (QED) is 0.872. The topological polar surface area (TPSA) is 32.3 Å². The first-order chi connectivity index (χ1) is 8.19. The van der Waals surface area contributed by atoms with Gasteiger partial charge in [-0.05, 0) is 26.1 Å². The van der Waals surface area contributed by atoms with Crippen molar-refractivity contribution in [3.8, 4) is 0 Å². The van der Waals surface area contributed by atoms with Crippen molar-refractivity contribution >= 4 is 23.4 Å². The zero-order valence-electron chi connectivity index (χ0n) is 10.4. The van der Waals surface area contributed by atoms with Crippen molar-refractivity contribution in [3.05, 3.63) is 24.3 Å². The number of hydrogen-bond acceptors (Lipinski definition) is 3. The van der Waals surface area contributed by atoms with Crippen LogP contribution in [0.2, 0.25) is 0 Å². The molecule has 1 heterocycles. The Labute approximate surface area is 107 Å². The number of anilines is 1. The summed E-state index contributed by atoms with van der Waals surface area (Å²) in [5, 5.41) is 3.37. The highest BCUT2D eigenvalue weighted by atomic mass is 32.2. The molecule has 1 amide bonds. The van der Waals surface area contributed by atoms with E-state index in [0.29, 0.717) is 6.54 Å². The Morgan fingerprint density at radius 1 is 1.41 bits per heavy atom. The molecule has 0 aromatic heterocycles. The first-order valence-electron chi connectivity index (χ1n) is 5.93. The van der Waals surface area contributed by atoms with Crippen molar-refractivity contribution in [3.63, 3.8) is 0 Å². The summed E-state index contributed by atoms with van der Waals surface area (Å²) in [6.45, 7) is 4.82. The van der Waals surface area contributed by atoms with Crippen molar-refractivity contribution in [2.75, 3.05) is 18.5 Å². The highest BCUT2D eigenvalue weighted by Gasteiger charge is 2.33. The lowest BCUT2D eigenvalue weighted by Crippen LogP contribution is -2.48. The molecule has 0 aliphatic carbocycles. The van der Waals surface area contributed by atoms with Gasteiger partial charge in [0.15, 0.2) is 0 Å². The molecule has 2 unspecified atom stereocenters. The molecule has 0 bridgehead atoms. The number of thioether (sulfide) groups is 1. The van der Waals surface area contributed by atoms with Gasteiger partial charge in [-0.15, -0.1) is 11.8 Å².